The van der Waals surface area contributed by atoms with Gasteiger partial charge in [-0.05, 0) is 50.1 Å². The quantitative estimate of drug-likeness (QED) is 0.436. The first-order chi connectivity index (χ1) is 15.8. The highest BCUT2D eigenvalue weighted by Gasteiger charge is 2.31. The summed E-state index contributed by atoms with van der Waals surface area (Å²) in [6, 6.07) is 12.1. The molecule has 1 saturated heterocycles. The Kier molecular flexibility index (Phi) is 5.93. The molecule has 164 valence electrons. The number of nitrogens with one attached hydrogen (secondary N) is 1. The van der Waals surface area contributed by atoms with E-state index in [2.05, 4.69) is 30.7 Å². The summed E-state index contributed by atoms with van der Waals surface area (Å²) in [5.41, 5.74) is 2.39. The van der Waals surface area contributed by atoms with Gasteiger partial charge in [0.15, 0.2) is 5.69 Å². The highest BCUT2D eigenvalue weighted by Crippen LogP contribution is 2.33. The molecule has 0 unspecified atom stereocenters. The molecule has 5 rings (SSSR count). The van der Waals surface area contributed by atoms with Crippen molar-refractivity contribution < 1.29 is 4.79 Å². The fourth-order valence-corrected chi connectivity index (χ4v) is 4.44. The minimum atomic E-state index is -0.125. The molecule has 1 aliphatic rings. The van der Waals surface area contributed by atoms with Crippen molar-refractivity contribution >= 4 is 11.4 Å². The van der Waals surface area contributed by atoms with Gasteiger partial charge < -0.3 is 14.3 Å². The number of fused-ring (bicyclic) bond motifs is 1. The van der Waals surface area contributed by atoms with Crippen LogP contribution in [-0.4, -0.2) is 47.8 Å². The number of amides is 1. The molecule has 8 nitrogen and oxygen atoms in total. The molecular weight excluding hydrogens is 402 g/mol. The summed E-state index contributed by atoms with van der Waals surface area (Å²) in [5.74, 6) is 0.803. The van der Waals surface area contributed by atoms with Crippen molar-refractivity contribution in [1.82, 2.24) is 34.1 Å². The molecule has 1 amide bonds. The van der Waals surface area contributed by atoms with Crippen LogP contribution in [0.3, 0.4) is 0 Å². The Hall–Kier alpha value is -3.52. The van der Waals surface area contributed by atoms with Crippen molar-refractivity contribution in [1.29, 1.82) is 0 Å². The van der Waals surface area contributed by atoms with E-state index in [0.717, 1.165) is 55.9 Å². The average Bonchev–Trinajstić information content (AvgIpc) is 3.57. The van der Waals surface area contributed by atoms with Gasteiger partial charge in [0.1, 0.15) is 5.82 Å². The number of nitrogens with zero attached hydrogens (tertiary/aromatic N) is 6. The van der Waals surface area contributed by atoms with Gasteiger partial charge in [-0.15, -0.1) is 0 Å². The van der Waals surface area contributed by atoms with Crippen LogP contribution in [0, 0.1) is 0 Å². The van der Waals surface area contributed by atoms with Crippen LogP contribution in [0.25, 0.3) is 5.52 Å². The van der Waals surface area contributed by atoms with Crippen molar-refractivity contribution in [3.63, 3.8) is 0 Å². The lowest BCUT2D eigenvalue weighted by molar-refractivity contribution is 0.0949. The van der Waals surface area contributed by atoms with E-state index >= 15 is 0 Å². The summed E-state index contributed by atoms with van der Waals surface area (Å²) in [4.78, 5) is 28.8. The third-order valence-electron chi connectivity index (χ3n) is 5.98. The molecule has 0 bridgehead atoms. The van der Waals surface area contributed by atoms with Gasteiger partial charge in [-0.25, -0.2) is 9.97 Å². The lowest BCUT2D eigenvalue weighted by Gasteiger charge is -2.23. The molecule has 0 radical (unpaired) electrons. The Labute approximate surface area is 186 Å². The number of pyridine rings is 2. The van der Waals surface area contributed by atoms with Gasteiger partial charge in [0.25, 0.3) is 5.91 Å². The van der Waals surface area contributed by atoms with Crippen LogP contribution in [0.4, 0.5) is 0 Å². The smallest absolute Gasteiger partial charge is 0.272 e. The molecule has 0 aliphatic carbocycles. The topological polar surface area (TPSA) is 80.3 Å². The van der Waals surface area contributed by atoms with E-state index in [1.165, 1.54) is 0 Å². The van der Waals surface area contributed by atoms with E-state index in [1.54, 1.807) is 12.5 Å². The molecule has 32 heavy (non-hydrogen) atoms. The van der Waals surface area contributed by atoms with Crippen LogP contribution in [-0.2, 0) is 13.1 Å². The van der Waals surface area contributed by atoms with Crippen molar-refractivity contribution in [3.8, 4) is 0 Å². The Morgan fingerprint density at radius 3 is 2.91 bits per heavy atom. The second-order valence-corrected chi connectivity index (χ2v) is 8.13. The number of carbonyl (C=O) groups is 1. The highest BCUT2D eigenvalue weighted by molar-refractivity contribution is 5.99. The minimum absolute atomic E-state index is 0.125. The van der Waals surface area contributed by atoms with Crippen molar-refractivity contribution in [2.75, 3.05) is 13.1 Å². The molecule has 1 aliphatic heterocycles. The summed E-state index contributed by atoms with van der Waals surface area (Å²) in [6.07, 6.45) is 12.3. The normalized spacial score (nSPS) is 16.6. The molecule has 5 heterocycles. The number of aryl methyl sites for hydroxylation is 1. The van der Waals surface area contributed by atoms with E-state index in [9.17, 15) is 4.79 Å². The highest BCUT2D eigenvalue weighted by atomic mass is 16.1. The first kappa shape index (κ1) is 20.4. The second-order valence-electron chi connectivity index (χ2n) is 8.13. The maximum absolute atomic E-state index is 13.0. The maximum atomic E-state index is 13.0. The van der Waals surface area contributed by atoms with Gasteiger partial charge in [-0.3, -0.25) is 14.7 Å². The zero-order valence-corrected chi connectivity index (χ0v) is 18.0. The lowest BCUT2D eigenvalue weighted by atomic mass is 10.2. The molecule has 0 spiro atoms. The van der Waals surface area contributed by atoms with E-state index in [1.807, 2.05) is 53.5 Å². The standard InChI is InChI=1S/C24H27N7O/c32-24(27-11-6-13-29-16-12-25-18-29)22-20-8-2-4-15-31(20)23(28-22)21-9-5-14-30(21)17-19-7-1-3-10-26-19/h1-4,7-8,10,12,15-16,18,21H,5-6,9,11,13-14,17H2,(H,27,32)/t21-/m0/s1. The van der Waals surface area contributed by atoms with Crippen LogP contribution < -0.4 is 5.32 Å². The Bertz CT molecular complexity index is 1170. The van der Waals surface area contributed by atoms with Gasteiger partial charge in [0.05, 0.1) is 23.6 Å². The van der Waals surface area contributed by atoms with E-state index in [-0.39, 0.29) is 11.9 Å². The Morgan fingerprint density at radius 1 is 1.12 bits per heavy atom. The van der Waals surface area contributed by atoms with E-state index < -0.39 is 0 Å². The number of likely N-dealkylation sites (tertiary alicyclic amines) is 1. The number of rotatable bonds is 8. The van der Waals surface area contributed by atoms with E-state index in [4.69, 9.17) is 4.98 Å². The Balaban J connectivity index is 1.33. The van der Waals surface area contributed by atoms with Crippen LogP contribution in [0.5, 0.6) is 0 Å². The SMILES string of the molecule is O=C(NCCCn1ccnc1)c1nc([C@@H]2CCCN2Cc2ccccn2)n2ccccc12. The monoisotopic (exact) mass is 429 g/mol. The predicted molar refractivity (Wildman–Crippen MR) is 121 cm³/mol. The number of hydrogen-bond acceptors (Lipinski definition) is 5. The molecule has 4 aromatic heterocycles. The fraction of sp³-hybridized carbons (Fsp3) is 0.333. The second kappa shape index (κ2) is 9.32. The molecular formula is C24H27N7O. The van der Waals surface area contributed by atoms with Crippen molar-refractivity contribution in [2.24, 2.45) is 0 Å². The maximum Gasteiger partial charge on any atom is 0.272 e. The zero-order chi connectivity index (χ0) is 21.8. The third-order valence-corrected chi connectivity index (χ3v) is 5.98. The Morgan fingerprint density at radius 2 is 2.06 bits per heavy atom. The van der Waals surface area contributed by atoms with Gasteiger partial charge in [-0.1, -0.05) is 12.1 Å². The van der Waals surface area contributed by atoms with Crippen LogP contribution >= 0.6 is 0 Å². The largest absolute Gasteiger partial charge is 0.351 e. The molecule has 1 atom stereocenters. The molecule has 4 aromatic rings. The lowest BCUT2D eigenvalue weighted by Crippen LogP contribution is -2.26. The van der Waals surface area contributed by atoms with E-state index in [0.29, 0.717) is 12.2 Å². The average molecular weight is 430 g/mol. The number of hydrogen-bond donors (Lipinski definition) is 1. The van der Waals surface area contributed by atoms with Crippen LogP contribution in [0.2, 0.25) is 0 Å². The number of imidazole rings is 2. The van der Waals surface area contributed by atoms with Gasteiger partial charge in [-0.2, -0.15) is 0 Å². The van der Waals surface area contributed by atoms with Crippen molar-refractivity contribution in [3.05, 3.63) is 84.7 Å². The molecule has 0 aromatic carbocycles. The first-order valence-electron chi connectivity index (χ1n) is 11.1. The number of aromatic nitrogens is 5. The van der Waals surface area contributed by atoms with Crippen LogP contribution in [0.15, 0.2) is 67.5 Å². The molecule has 1 fully saturated rings. The van der Waals surface area contributed by atoms with Gasteiger partial charge in [0, 0.05) is 44.4 Å². The number of carbonyl (C=O) groups excluding carboxylic acids is 1. The summed E-state index contributed by atoms with van der Waals surface area (Å²) in [7, 11) is 0. The minimum Gasteiger partial charge on any atom is -0.351 e. The molecule has 1 N–H and O–H groups in total. The molecule has 0 saturated carbocycles. The summed E-state index contributed by atoms with van der Waals surface area (Å²) in [6.45, 7) is 3.19. The zero-order valence-electron chi connectivity index (χ0n) is 18.0. The molecule has 8 heteroatoms. The van der Waals surface area contributed by atoms with Crippen LogP contribution in [0.1, 0.15) is 47.3 Å². The van der Waals surface area contributed by atoms with Gasteiger partial charge in [0.2, 0.25) is 0 Å². The summed E-state index contributed by atoms with van der Waals surface area (Å²) in [5, 5.41) is 3.04. The van der Waals surface area contributed by atoms with Crippen molar-refractivity contribution in [2.45, 2.75) is 38.4 Å². The summed E-state index contributed by atoms with van der Waals surface area (Å²) >= 11 is 0. The predicted octanol–water partition coefficient (Wildman–Crippen LogP) is 3.08. The van der Waals surface area contributed by atoms with Gasteiger partial charge >= 0.3 is 0 Å². The summed E-state index contributed by atoms with van der Waals surface area (Å²) < 4.78 is 4.08. The third kappa shape index (κ3) is 4.27. The fourth-order valence-electron chi connectivity index (χ4n) is 4.44. The first-order valence-corrected chi connectivity index (χ1v) is 11.1.